The normalized spacial score (nSPS) is 25.4. The van der Waals surface area contributed by atoms with Crippen LogP contribution in [-0.2, 0) is 14.4 Å². The minimum absolute atomic E-state index is 0.00229. The van der Waals surface area contributed by atoms with Crippen molar-refractivity contribution in [1.29, 1.82) is 0 Å². The number of amides is 2. The van der Waals surface area contributed by atoms with Crippen molar-refractivity contribution < 1.29 is 24.3 Å². The lowest BCUT2D eigenvalue weighted by Crippen LogP contribution is -2.58. The van der Waals surface area contributed by atoms with Gasteiger partial charge in [-0.05, 0) is 42.4 Å². The molecule has 0 radical (unpaired) electrons. The minimum atomic E-state index is -0.975. The van der Waals surface area contributed by atoms with Crippen LogP contribution < -0.4 is 5.32 Å². The van der Waals surface area contributed by atoms with Crippen LogP contribution in [0.25, 0.3) is 0 Å². The first-order valence-electron chi connectivity index (χ1n) is 14.2. The van der Waals surface area contributed by atoms with Gasteiger partial charge < -0.3 is 15.3 Å². The lowest BCUT2D eigenvalue weighted by molar-refractivity contribution is -0.152. The van der Waals surface area contributed by atoms with Gasteiger partial charge >= 0.3 is 5.97 Å². The van der Waals surface area contributed by atoms with Crippen molar-refractivity contribution in [2.45, 2.75) is 97.1 Å². The van der Waals surface area contributed by atoms with Gasteiger partial charge in [0.1, 0.15) is 17.8 Å². The average molecular weight is 527 g/mol. The summed E-state index contributed by atoms with van der Waals surface area (Å²) in [6.45, 7) is 6.05. The number of carbonyl (C=O) groups excluding carboxylic acids is 3. The Bertz CT molecular complexity index is 1020. The van der Waals surface area contributed by atoms with Crippen molar-refractivity contribution in [2.75, 3.05) is 6.54 Å². The second-order valence-electron chi connectivity index (χ2n) is 12.6. The van der Waals surface area contributed by atoms with Gasteiger partial charge in [0.15, 0.2) is 5.78 Å². The smallest absolute Gasteiger partial charge is 0.326 e. The van der Waals surface area contributed by atoms with E-state index in [-0.39, 0.29) is 41.5 Å². The molecule has 4 rings (SSSR count). The third-order valence-corrected chi connectivity index (χ3v) is 8.82. The number of nitrogens with one attached hydrogen (secondary N) is 1. The Morgan fingerprint density at radius 1 is 1.05 bits per heavy atom. The Labute approximate surface area is 225 Å². The zero-order chi connectivity index (χ0) is 27.4. The molecule has 9 nitrogen and oxygen atoms in total. The molecule has 2 amide bonds. The predicted octanol–water partition coefficient (Wildman–Crippen LogP) is 3.88. The van der Waals surface area contributed by atoms with E-state index in [4.69, 9.17) is 0 Å². The number of aromatic nitrogens is 2. The van der Waals surface area contributed by atoms with Crippen LogP contribution in [0.3, 0.4) is 0 Å². The molecular formula is C29H42N4O5. The van der Waals surface area contributed by atoms with Crippen molar-refractivity contribution in [1.82, 2.24) is 20.2 Å². The van der Waals surface area contributed by atoms with Crippen LogP contribution in [-0.4, -0.2) is 62.2 Å². The number of aliphatic carboxylic acids is 1. The molecule has 2 heterocycles. The van der Waals surface area contributed by atoms with Crippen molar-refractivity contribution in [3.8, 4) is 0 Å². The Hall–Kier alpha value is -2.84. The molecule has 2 saturated carbocycles. The Morgan fingerprint density at radius 3 is 2.42 bits per heavy atom. The molecule has 0 aromatic carbocycles. The summed E-state index contributed by atoms with van der Waals surface area (Å²) in [6, 6.07) is -1.75. The van der Waals surface area contributed by atoms with E-state index in [2.05, 4.69) is 15.3 Å². The first-order chi connectivity index (χ1) is 18.1. The lowest BCUT2D eigenvalue weighted by Gasteiger charge is -2.36. The van der Waals surface area contributed by atoms with Crippen LogP contribution in [0.4, 0.5) is 0 Å². The number of carboxylic acids is 1. The molecule has 0 spiro atoms. The number of carbonyl (C=O) groups is 4. The van der Waals surface area contributed by atoms with Crippen LogP contribution >= 0.6 is 0 Å². The van der Waals surface area contributed by atoms with Crippen molar-refractivity contribution in [3.05, 3.63) is 24.3 Å². The predicted molar refractivity (Wildman–Crippen MR) is 141 cm³/mol. The third-order valence-electron chi connectivity index (χ3n) is 8.82. The second-order valence-corrected chi connectivity index (χ2v) is 12.6. The highest BCUT2D eigenvalue weighted by atomic mass is 16.4. The van der Waals surface area contributed by atoms with Crippen LogP contribution in [0.5, 0.6) is 0 Å². The number of Topliss-reactive ketones (excluding diaryl/α,β-unsaturated/α-hetero) is 1. The Kier molecular flexibility index (Phi) is 8.83. The molecule has 5 atom stereocenters. The summed E-state index contributed by atoms with van der Waals surface area (Å²) in [4.78, 5) is 62.5. The largest absolute Gasteiger partial charge is 0.480 e. The Balaban J connectivity index is 1.53. The quantitative estimate of drug-likeness (QED) is 0.467. The van der Waals surface area contributed by atoms with E-state index >= 15 is 0 Å². The number of carboxylic acid groups (broad SMARTS) is 1. The number of hydrogen-bond donors (Lipinski definition) is 2. The molecule has 208 valence electrons. The van der Waals surface area contributed by atoms with Gasteiger partial charge in [-0.2, -0.15) is 0 Å². The summed E-state index contributed by atoms with van der Waals surface area (Å²) >= 11 is 0. The summed E-state index contributed by atoms with van der Waals surface area (Å²) in [7, 11) is 0. The van der Waals surface area contributed by atoms with Gasteiger partial charge in [0.2, 0.25) is 11.8 Å². The number of fused-ring (bicyclic) bond motifs is 1. The fraction of sp³-hybridized carbons (Fsp3) is 0.724. The van der Waals surface area contributed by atoms with Gasteiger partial charge in [-0.25, -0.2) is 9.78 Å². The molecule has 1 aliphatic heterocycles. The average Bonchev–Trinajstić information content (AvgIpc) is 3.48. The summed E-state index contributed by atoms with van der Waals surface area (Å²) in [5.41, 5.74) is -0.414. The van der Waals surface area contributed by atoms with Crippen LogP contribution in [0, 0.1) is 29.1 Å². The van der Waals surface area contributed by atoms with Gasteiger partial charge in [-0.15, -0.1) is 0 Å². The molecule has 9 heteroatoms. The van der Waals surface area contributed by atoms with E-state index < -0.39 is 29.4 Å². The molecule has 0 unspecified atom stereocenters. The van der Waals surface area contributed by atoms with E-state index in [1.807, 2.05) is 20.8 Å². The van der Waals surface area contributed by atoms with Crippen LogP contribution in [0.15, 0.2) is 18.6 Å². The summed E-state index contributed by atoms with van der Waals surface area (Å²) in [5.74, 6) is -1.97. The Morgan fingerprint density at radius 2 is 1.79 bits per heavy atom. The van der Waals surface area contributed by atoms with Gasteiger partial charge in [-0.1, -0.05) is 59.3 Å². The van der Waals surface area contributed by atoms with E-state index in [0.29, 0.717) is 18.9 Å². The van der Waals surface area contributed by atoms with Crippen molar-refractivity contribution in [2.24, 2.45) is 29.1 Å². The van der Waals surface area contributed by atoms with E-state index in [0.717, 1.165) is 44.9 Å². The molecule has 2 aliphatic carbocycles. The molecule has 0 bridgehead atoms. The first kappa shape index (κ1) is 28.2. The molecular weight excluding hydrogens is 484 g/mol. The molecule has 1 aromatic heterocycles. The monoisotopic (exact) mass is 526 g/mol. The maximum Gasteiger partial charge on any atom is 0.326 e. The van der Waals surface area contributed by atoms with E-state index in [9.17, 15) is 24.3 Å². The minimum Gasteiger partial charge on any atom is -0.480 e. The van der Waals surface area contributed by atoms with Gasteiger partial charge in [0.05, 0.1) is 6.20 Å². The topological polar surface area (TPSA) is 130 Å². The summed E-state index contributed by atoms with van der Waals surface area (Å²) < 4.78 is 0. The maximum atomic E-state index is 13.9. The molecule has 38 heavy (non-hydrogen) atoms. The summed E-state index contributed by atoms with van der Waals surface area (Å²) in [5, 5.41) is 13.0. The van der Waals surface area contributed by atoms with Gasteiger partial charge in [-0.3, -0.25) is 19.4 Å². The number of likely N-dealkylation sites (tertiary alicyclic amines) is 1. The number of hydrogen-bond acceptors (Lipinski definition) is 6. The highest BCUT2D eigenvalue weighted by Gasteiger charge is 2.52. The zero-order valence-corrected chi connectivity index (χ0v) is 22.9. The van der Waals surface area contributed by atoms with E-state index in [1.54, 1.807) is 0 Å². The van der Waals surface area contributed by atoms with Crippen molar-refractivity contribution >= 4 is 23.6 Å². The number of nitrogens with zero attached hydrogens (tertiary/aromatic N) is 3. The fourth-order valence-corrected chi connectivity index (χ4v) is 6.80. The number of ketones is 1. The third kappa shape index (κ3) is 6.41. The van der Waals surface area contributed by atoms with Crippen LogP contribution in [0.1, 0.15) is 95.5 Å². The second kappa shape index (κ2) is 11.9. The SMILES string of the molecule is CC(C)(C)[C@H](NC(=O)[C@@H](CC(=O)c1cnccn1)CC1CCCCC1)C(=O)N1C[C@@H]2CCC[C@@H]2[C@H]1C(=O)O. The molecule has 2 N–H and O–H groups in total. The summed E-state index contributed by atoms with van der Waals surface area (Å²) in [6.07, 6.45) is 13.2. The van der Waals surface area contributed by atoms with E-state index in [1.165, 1.54) is 29.9 Å². The molecule has 3 fully saturated rings. The standard InChI is InChI=1S/C29H42N4O5/c1-29(2,3)25(27(36)33-17-19-10-7-11-21(19)24(33)28(37)38)32-26(35)20(14-18-8-5-4-6-9-18)15-23(34)22-16-30-12-13-31-22/h12-13,16,18-21,24-25H,4-11,14-15,17H2,1-3H3,(H,32,35)(H,37,38)/t19-,20+,21-,24-,25+/m0/s1. The highest BCUT2D eigenvalue weighted by molar-refractivity contribution is 5.98. The maximum absolute atomic E-state index is 13.9. The molecule has 1 aromatic rings. The van der Waals surface area contributed by atoms with Gasteiger partial charge in [0, 0.05) is 31.3 Å². The van der Waals surface area contributed by atoms with Crippen LogP contribution in [0.2, 0.25) is 0 Å². The first-order valence-corrected chi connectivity index (χ1v) is 14.2. The molecule has 1 saturated heterocycles. The zero-order valence-electron chi connectivity index (χ0n) is 22.9. The van der Waals surface area contributed by atoms with Crippen molar-refractivity contribution in [3.63, 3.8) is 0 Å². The highest BCUT2D eigenvalue weighted by Crippen LogP contribution is 2.43. The van der Waals surface area contributed by atoms with Gasteiger partial charge in [0.25, 0.3) is 0 Å². The molecule has 3 aliphatic rings. The fourth-order valence-electron chi connectivity index (χ4n) is 6.80. The lowest BCUT2D eigenvalue weighted by atomic mass is 9.80. The number of rotatable bonds is 9.